The van der Waals surface area contributed by atoms with Gasteiger partial charge in [0.1, 0.15) is 0 Å². The van der Waals surface area contributed by atoms with E-state index in [1.54, 1.807) is 6.07 Å². The summed E-state index contributed by atoms with van der Waals surface area (Å²) >= 11 is 0. The maximum atomic E-state index is 10.3. The van der Waals surface area contributed by atoms with Gasteiger partial charge in [-0.25, -0.2) is 13.4 Å². The molecule has 54 valence electrons. The van der Waals surface area contributed by atoms with Crippen molar-refractivity contribution >= 4 is 10.7 Å². The minimum Gasteiger partial charge on any atom is -0.245 e. The molecule has 1 aromatic heterocycles. The van der Waals surface area contributed by atoms with Gasteiger partial charge >= 0.3 is 0 Å². The van der Waals surface area contributed by atoms with Crippen molar-refractivity contribution in [2.24, 2.45) is 0 Å². The molecule has 0 fully saturated rings. The molecule has 0 amide bonds. The fourth-order valence-corrected chi connectivity index (χ4v) is 1.09. The van der Waals surface area contributed by atoms with Gasteiger partial charge in [0.25, 0.3) is 0 Å². The Morgan fingerprint density at radius 2 is 2.20 bits per heavy atom. The van der Waals surface area contributed by atoms with E-state index in [4.69, 9.17) is 0 Å². The molecule has 0 saturated heterocycles. The molecule has 4 heteroatoms. The SMILES string of the molecule is Cc1ccnc([SH](=O)=O)c1. The first-order chi connectivity index (χ1) is 4.70. The van der Waals surface area contributed by atoms with E-state index in [9.17, 15) is 8.42 Å². The third-order valence-corrected chi connectivity index (χ3v) is 1.71. The Kier molecular flexibility index (Phi) is 2.01. The van der Waals surface area contributed by atoms with Crippen LogP contribution in [0.1, 0.15) is 5.56 Å². The van der Waals surface area contributed by atoms with Crippen LogP contribution in [-0.2, 0) is 10.7 Å². The maximum Gasteiger partial charge on any atom is 0.185 e. The first kappa shape index (κ1) is 7.21. The molecule has 0 spiro atoms. The summed E-state index contributed by atoms with van der Waals surface area (Å²) in [7, 11) is -2.52. The minimum absolute atomic E-state index is 0.134. The molecule has 0 aliphatic carbocycles. The second-order valence-electron chi connectivity index (χ2n) is 1.95. The maximum absolute atomic E-state index is 10.3. The van der Waals surface area contributed by atoms with E-state index in [1.165, 1.54) is 12.3 Å². The van der Waals surface area contributed by atoms with E-state index in [0.717, 1.165) is 5.56 Å². The molecule has 1 aromatic rings. The van der Waals surface area contributed by atoms with Gasteiger partial charge in [0.15, 0.2) is 15.7 Å². The highest BCUT2D eigenvalue weighted by Crippen LogP contribution is 1.99. The lowest BCUT2D eigenvalue weighted by molar-refractivity contribution is 0.611. The summed E-state index contributed by atoms with van der Waals surface area (Å²) in [6.07, 6.45) is 1.48. The Morgan fingerprint density at radius 1 is 1.50 bits per heavy atom. The van der Waals surface area contributed by atoms with Crippen LogP contribution in [-0.4, -0.2) is 13.4 Å². The van der Waals surface area contributed by atoms with Crippen LogP contribution in [0.4, 0.5) is 0 Å². The van der Waals surface area contributed by atoms with Gasteiger partial charge < -0.3 is 0 Å². The number of hydrogen-bond donors (Lipinski definition) is 1. The van der Waals surface area contributed by atoms with Crippen LogP contribution in [0, 0.1) is 6.92 Å². The van der Waals surface area contributed by atoms with Gasteiger partial charge in [-0.2, -0.15) is 0 Å². The molecule has 1 heterocycles. The highest BCUT2D eigenvalue weighted by molar-refractivity contribution is 7.72. The van der Waals surface area contributed by atoms with Gasteiger partial charge in [-0.05, 0) is 24.6 Å². The summed E-state index contributed by atoms with van der Waals surface area (Å²) in [4.78, 5) is 3.64. The smallest absolute Gasteiger partial charge is 0.185 e. The van der Waals surface area contributed by atoms with Crippen molar-refractivity contribution in [3.8, 4) is 0 Å². The molecule has 0 aliphatic heterocycles. The average Bonchev–Trinajstić information content (AvgIpc) is 1.88. The van der Waals surface area contributed by atoms with E-state index in [-0.39, 0.29) is 5.03 Å². The Hall–Kier alpha value is -0.900. The van der Waals surface area contributed by atoms with Gasteiger partial charge in [0.05, 0.1) is 0 Å². The Labute approximate surface area is 60.7 Å². The van der Waals surface area contributed by atoms with Crippen molar-refractivity contribution in [2.45, 2.75) is 11.9 Å². The molecule has 0 radical (unpaired) electrons. The van der Waals surface area contributed by atoms with Gasteiger partial charge in [0.2, 0.25) is 0 Å². The zero-order valence-corrected chi connectivity index (χ0v) is 6.34. The molecule has 0 saturated carbocycles. The predicted octanol–water partition coefficient (Wildman–Crippen LogP) is 0.360. The molecule has 10 heavy (non-hydrogen) atoms. The van der Waals surface area contributed by atoms with Gasteiger partial charge in [-0.15, -0.1) is 0 Å². The predicted molar refractivity (Wildman–Crippen MR) is 37.6 cm³/mol. The summed E-state index contributed by atoms with van der Waals surface area (Å²) in [5.74, 6) is 0. The largest absolute Gasteiger partial charge is 0.245 e. The summed E-state index contributed by atoms with van der Waals surface area (Å²) in [6.45, 7) is 1.82. The summed E-state index contributed by atoms with van der Waals surface area (Å²) in [5.41, 5.74) is 0.907. The lowest BCUT2D eigenvalue weighted by Crippen LogP contribution is -1.85. The molecular weight excluding hydrogens is 150 g/mol. The third-order valence-electron chi connectivity index (χ3n) is 1.09. The van der Waals surface area contributed by atoms with Gasteiger partial charge in [-0.3, -0.25) is 0 Å². The highest BCUT2D eigenvalue weighted by Gasteiger charge is 1.93. The molecule has 3 nitrogen and oxygen atoms in total. The van der Waals surface area contributed by atoms with Crippen LogP contribution in [0.5, 0.6) is 0 Å². The number of hydrogen-bond acceptors (Lipinski definition) is 3. The Bertz CT molecular complexity index is 298. The topological polar surface area (TPSA) is 47.0 Å². The van der Waals surface area contributed by atoms with E-state index in [0.29, 0.717) is 0 Å². The summed E-state index contributed by atoms with van der Waals surface area (Å²) in [6, 6.07) is 3.29. The van der Waals surface area contributed by atoms with Crippen LogP contribution in [0.25, 0.3) is 0 Å². The first-order valence-electron chi connectivity index (χ1n) is 2.77. The molecule has 0 bridgehead atoms. The lowest BCUT2D eigenvalue weighted by Gasteiger charge is -1.90. The number of rotatable bonds is 1. The van der Waals surface area contributed by atoms with Crippen molar-refractivity contribution in [1.29, 1.82) is 0 Å². The quantitative estimate of drug-likeness (QED) is 0.599. The molecule has 0 atom stereocenters. The molecule has 0 aliphatic rings. The van der Waals surface area contributed by atoms with E-state index >= 15 is 0 Å². The number of thiol groups is 1. The molecule has 0 aromatic carbocycles. The minimum atomic E-state index is -2.52. The van der Waals surface area contributed by atoms with Crippen LogP contribution in [0.15, 0.2) is 23.4 Å². The third kappa shape index (κ3) is 1.54. The molecular formula is C6H7NO2S. The van der Waals surface area contributed by atoms with E-state index < -0.39 is 10.7 Å². The van der Waals surface area contributed by atoms with Crippen molar-refractivity contribution in [3.05, 3.63) is 23.9 Å². The molecule has 0 unspecified atom stereocenters. The van der Waals surface area contributed by atoms with Crippen LogP contribution >= 0.6 is 0 Å². The standard InChI is InChI=1S/C6H7NO2S/c1-5-2-3-7-6(4-5)10(8)9/h2-4,10H,1H3. The Morgan fingerprint density at radius 3 is 2.60 bits per heavy atom. The number of pyridine rings is 1. The van der Waals surface area contributed by atoms with Gasteiger partial charge in [-0.1, -0.05) is 0 Å². The average molecular weight is 157 g/mol. The monoisotopic (exact) mass is 157 g/mol. The zero-order chi connectivity index (χ0) is 7.56. The zero-order valence-electron chi connectivity index (χ0n) is 5.44. The lowest BCUT2D eigenvalue weighted by atomic mass is 10.3. The van der Waals surface area contributed by atoms with Crippen molar-refractivity contribution in [1.82, 2.24) is 4.98 Å². The second kappa shape index (κ2) is 2.79. The normalized spacial score (nSPS) is 10.2. The van der Waals surface area contributed by atoms with E-state index in [2.05, 4.69) is 4.98 Å². The van der Waals surface area contributed by atoms with Crippen LogP contribution < -0.4 is 0 Å². The first-order valence-corrected chi connectivity index (χ1v) is 3.95. The van der Waals surface area contributed by atoms with E-state index in [1.807, 2.05) is 6.92 Å². The fraction of sp³-hybridized carbons (Fsp3) is 0.167. The summed E-state index contributed by atoms with van der Waals surface area (Å²) < 4.78 is 20.7. The Balaban J connectivity index is 3.19. The number of aryl methyl sites for hydroxylation is 1. The van der Waals surface area contributed by atoms with Crippen LogP contribution in [0.2, 0.25) is 0 Å². The van der Waals surface area contributed by atoms with Crippen LogP contribution in [0.3, 0.4) is 0 Å². The summed E-state index contributed by atoms with van der Waals surface area (Å²) in [5, 5.41) is 0.134. The fourth-order valence-electron chi connectivity index (χ4n) is 0.620. The molecule has 1 rings (SSSR count). The van der Waals surface area contributed by atoms with Crippen molar-refractivity contribution in [3.63, 3.8) is 0 Å². The second-order valence-corrected chi connectivity index (χ2v) is 2.92. The van der Waals surface area contributed by atoms with Crippen molar-refractivity contribution in [2.75, 3.05) is 0 Å². The van der Waals surface area contributed by atoms with Gasteiger partial charge in [0, 0.05) is 6.20 Å². The molecule has 0 N–H and O–H groups in total. The highest BCUT2D eigenvalue weighted by atomic mass is 32.2. The number of aromatic nitrogens is 1. The van der Waals surface area contributed by atoms with Crippen molar-refractivity contribution < 1.29 is 8.42 Å². The number of nitrogens with zero attached hydrogens (tertiary/aromatic N) is 1.